The number of unbranched alkanes of at least 4 members (excludes halogenated alkanes) is 3. The Bertz CT molecular complexity index is 685. The zero-order valence-electron chi connectivity index (χ0n) is 14.9. The molecule has 0 aliphatic carbocycles. The van der Waals surface area contributed by atoms with Gasteiger partial charge in [0.05, 0.1) is 13.2 Å². The number of nitrogens with one attached hydrogen (secondary N) is 2. The summed E-state index contributed by atoms with van der Waals surface area (Å²) in [5.41, 5.74) is 1.42. The summed E-state index contributed by atoms with van der Waals surface area (Å²) in [6.45, 7) is 3.07. The van der Waals surface area contributed by atoms with E-state index in [-0.39, 0.29) is 12.5 Å². The third kappa shape index (κ3) is 7.54. The lowest BCUT2D eigenvalue weighted by Gasteiger charge is -2.10. The van der Waals surface area contributed by atoms with Crippen molar-refractivity contribution < 1.29 is 9.53 Å². The number of benzene rings is 2. The zero-order chi connectivity index (χ0) is 18.8. The third-order valence-electron chi connectivity index (χ3n) is 3.72. The number of anilines is 2. The summed E-state index contributed by atoms with van der Waals surface area (Å²) in [5, 5.41) is 6.78. The van der Waals surface area contributed by atoms with Crippen molar-refractivity contribution in [2.45, 2.75) is 32.6 Å². The first kappa shape index (κ1) is 20.4. The van der Waals surface area contributed by atoms with Crippen LogP contribution in [0.2, 0.25) is 10.0 Å². The van der Waals surface area contributed by atoms with Crippen LogP contribution in [0.5, 0.6) is 5.75 Å². The van der Waals surface area contributed by atoms with Crippen LogP contribution in [0.3, 0.4) is 0 Å². The van der Waals surface area contributed by atoms with E-state index in [4.69, 9.17) is 27.9 Å². The Hall–Kier alpha value is -1.91. The Labute approximate surface area is 164 Å². The molecule has 0 aromatic heterocycles. The number of carbonyl (C=O) groups excluding carboxylic acids is 1. The molecule has 0 bridgehead atoms. The average Bonchev–Trinajstić information content (AvgIpc) is 2.60. The average molecular weight is 395 g/mol. The highest BCUT2D eigenvalue weighted by atomic mass is 35.5. The van der Waals surface area contributed by atoms with Crippen molar-refractivity contribution in [3.05, 3.63) is 52.5 Å². The molecule has 2 rings (SSSR count). The quantitative estimate of drug-likeness (QED) is 0.485. The Morgan fingerprint density at radius 2 is 1.65 bits per heavy atom. The molecular formula is C20H24Cl2N2O2. The van der Waals surface area contributed by atoms with E-state index in [0.717, 1.165) is 24.5 Å². The van der Waals surface area contributed by atoms with Crippen LogP contribution in [0.1, 0.15) is 32.6 Å². The number of hydrogen-bond acceptors (Lipinski definition) is 3. The molecule has 0 spiro atoms. The van der Waals surface area contributed by atoms with Gasteiger partial charge >= 0.3 is 0 Å². The molecule has 1 amide bonds. The van der Waals surface area contributed by atoms with E-state index in [0.29, 0.717) is 15.7 Å². The molecule has 2 aromatic rings. The molecule has 0 atom stereocenters. The molecule has 2 N–H and O–H groups in total. The van der Waals surface area contributed by atoms with Gasteiger partial charge in [0, 0.05) is 21.4 Å². The predicted molar refractivity (Wildman–Crippen MR) is 110 cm³/mol. The molecule has 0 fully saturated rings. The van der Waals surface area contributed by atoms with E-state index in [9.17, 15) is 4.79 Å². The largest absolute Gasteiger partial charge is 0.494 e. The minimum atomic E-state index is -0.181. The van der Waals surface area contributed by atoms with Gasteiger partial charge in [-0.15, -0.1) is 0 Å². The second kappa shape index (κ2) is 10.9. The molecule has 0 aliphatic heterocycles. The van der Waals surface area contributed by atoms with Gasteiger partial charge in [-0.05, 0) is 48.9 Å². The number of hydrogen-bond donors (Lipinski definition) is 2. The molecule has 0 saturated carbocycles. The van der Waals surface area contributed by atoms with Crippen molar-refractivity contribution >= 4 is 40.5 Å². The first-order valence-electron chi connectivity index (χ1n) is 8.79. The fraction of sp³-hybridized carbons (Fsp3) is 0.350. The Kier molecular flexibility index (Phi) is 8.59. The maximum atomic E-state index is 12.0. The molecule has 0 unspecified atom stereocenters. The number of amides is 1. The topological polar surface area (TPSA) is 50.4 Å². The van der Waals surface area contributed by atoms with Gasteiger partial charge in [0.15, 0.2) is 0 Å². The Morgan fingerprint density at radius 3 is 2.31 bits per heavy atom. The molecule has 0 aliphatic rings. The Balaban J connectivity index is 1.74. The molecule has 0 radical (unpaired) electrons. The maximum absolute atomic E-state index is 12.0. The molecule has 26 heavy (non-hydrogen) atoms. The van der Waals surface area contributed by atoms with Gasteiger partial charge in [0.1, 0.15) is 5.75 Å². The SMILES string of the molecule is CCCCCCOc1ccc(NCC(=O)Nc2cc(Cl)cc(Cl)c2)cc1. The van der Waals surface area contributed by atoms with Crippen LogP contribution in [0.15, 0.2) is 42.5 Å². The molecule has 4 nitrogen and oxygen atoms in total. The number of carbonyl (C=O) groups is 1. The number of ether oxygens (including phenoxy) is 1. The normalized spacial score (nSPS) is 10.4. The van der Waals surface area contributed by atoms with Gasteiger partial charge in [-0.3, -0.25) is 4.79 Å². The summed E-state index contributed by atoms with van der Waals surface area (Å²) in [6.07, 6.45) is 4.73. The van der Waals surface area contributed by atoms with Crippen molar-refractivity contribution in [2.24, 2.45) is 0 Å². The van der Waals surface area contributed by atoms with E-state index in [1.165, 1.54) is 19.3 Å². The smallest absolute Gasteiger partial charge is 0.243 e. The minimum Gasteiger partial charge on any atom is -0.494 e. The fourth-order valence-electron chi connectivity index (χ4n) is 2.40. The highest BCUT2D eigenvalue weighted by Crippen LogP contribution is 2.22. The van der Waals surface area contributed by atoms with Crippen molar-refractivity contribution in [3.63, 3.8) is 0 Å². The lowest BCUT2D eigenvalue weighted by Crippen LogP contribution is -2.21. The highest BCUT2D eigenvalue weighted by molar-refractivity contribution is 6.35. The van der Waals surface area contributed by atoms with E-state index >= 15 is 0 Å². The lowest BCUT2D eigenvalue weighted by atomic mass is 10.2. The van der Waals surface area contributed by atoms with E-state index in [2.05, 4.69) is 17.6 Å². The second-order valence-electron chi connectivity index (χ2n) is 5.99. The molecule has 2 aromatic carbocycles. The summed E-state index contributed by atoms with van der Waals surface area (Å²) in [6, 6.07) is 12.5. The van der Waals surface area contributed by atoms with Gasteiger partial charge in [-0.25, -0.2) is 0 Å². The minimum absolute atomic E-state index is 0.140. The lowest BCUT2D eigenvalue weighted by molar-refractivity contribution is -0.114. The first-order chi connectivity index (χ1) is 12.6. The van der Waals surface area contributed by atoms with Crippen molar-refractivity contribution in [2.75, 3.05) is 23.8 Å². The maximum Gasteiger partial charge on any atom is 0.243 e. The van der Waals surface area contributed by atoms with Crippen LogP contribution in [0.25, 0.3) is 0 Å². The van der Waals surface area contributed by atoms with Crippen molar-refractivity contribution in [3.8, 4) is 5.75 Å². The fourth-order valence-corrected chi connectivity index (χ4v) is 2.93. The molecule has 0 heterocycles. The highest BCUT2D eigenvalue weighted by Gasteiger charge is 2.05. The van der Waals surface area contributed by atoms with Gasteiger partial charge in [-0.1, -0.05) is 49.4 Å². The van der Waals surface area contributed by atoms with Gasteiger partial charge in [0.2, 0.25) is 5.91 Å². The van der Waals surface area contributed by atoms with Crippen molar-refractivity contribution in [1.82, 2.24) is 0 Å². The van der Waals surface area contributed by atoms with Gasteiger partial charge in [0.25, 0.3) is 0 Å². The van der Waals surface area contributed by atoms with E-state index in [1.807, 2.05) is 24.3 Å². The Morgan fingerprint density at radius 1 is 0.962 bits per heavy atom. The summed E-state index contributed by atoms with van der Waals surface area (Å²) >= 11 is 11.8. The van der Waals surface area contributed by atoms with Crippen LogP contribution in [-0.2, 0) is 4.79 Å². The second-order valence-corrected chi connectivity index (χ2v) is 6.87. The standard InChI is InChI=1S/C20H24Cl2N2O2/c1-2-3-4-5-10-26-19-8-6-17(7-9-19)23-14-20(25)24-18-12-15(21)11-16(22)13-18/h6-9,11-13,23H,2-5,10,14H2,1H3,(H,24,25). The zero-order valence-corrected chi connectivity index (χ0v) is 16.4. The van der Waals surface area contributed by atoms with Crippen LogP contribution in [0, 0.1) is 0 Å². The molecule has 140 valence electrons. The molecule has 0 saturated heterocycles. The van der Waals surface area contributed by atoms with Crippen LogP contribution in [-0.4, -0.2) is 19.1 Å². The van der Waals surface area contributed by atoms with Gasteiger partial charge in [-0.2, -0.15) is 0 Å². The predicted octanol–water partition coefficient (Wildman–Crippen LogP) is 6.00. The van der Waals surface area contributed by atoms with Crippen LogP contribution < -0.4 is 15.4 Å². The number of rotatable bonds is 10. The summed E-state index contributed by atoms with van der Waals surface area (Å²) in [4.78, 5) is 12.0. The third-order valence-corrected chi connectivity index (χ3v) is 4.16. The first-order valence-corrected chi connectivity index (χ1v) is 9.55. The van der Waals surface area contributed by atoms with E-state index < -0.39 is 0 Å². The van der Waals surface area contributed by atoms with Crippen LogP contribution in [0.4, 0.5) is 11.4 Å². The number of halogens is 2. The summed E-state index contributed by atoms with van der Waals surface area (Å²) in [5.74, 6) is 0.657. The van der Waals surface area contributed by atoms with Crippen molar-refractivity contribution in [1.29, 1.82) is 0 Å². The van der Waals surface area contributed by atoms with E-state index in [1.54, 1.807) is 18.2 Å². The molecular weight excluding hydrogens is 371 g/mol. The summed E-state index contributed by atoms with van der Waals surface area (Å²) < 4.78 is 5.70. The van der Waals surface area contributed by atoms with Crippen LogP contribution >= 0.6 is 23.2 Å². The summed E-state index contributed by atoms with van der Waals surface area (Å²) in [7, 11) is 0. The monoisotopic (exact) mass is 394 g/mol. The van der Waals surface area contributed by atoms with Gasteiger partial charge < -0.3 is 15.4 Å². The molecule has 6 heteroatoms.